The molecule has 1 aliphatic heterocycles. The monoisotopic (exact) mass is 510 g/mol. The van der Waals surface area contributed by atoms with Crippen molar-refractivity contribution in [3.63, 3.8) is 0 Å². The molecule has 0 radical (unpaired) electrons. The first kappa shape index (κ1) is 27.7. The molecule has 6 nitrogen and oxygen atoms in total. The Kier molecular flexibility index (Phi) is 8.47. The molecule has 0 saturated heterocycles. The van der Waals surface area contributed by atoms with Crippen LogP contribution in [0.1, 0.15) is 58.1 Å². The number of nitrogens with zero attached hydrogens (tertiary/aromatic N) is 1. The van der Waals surface area contributed by atoms with E-state index < -0.39 is 10.3 Å². The molecule has 1 aliphatic carbocycles. The number of hydrogen-bond donors (Lipinski definition) is 1. The van der Waals surface area contributed by atoms with Gasteiger partial charge in [-0.2, -0.15) is 0 Å². The van der Waals surface area contributed by atoms with E-state index in [1.54, 1.807) is 0 Å². The Morgan fingerprint density at radius 3 is 2.22 bits per heavy atom. The predicted molar refractivity (Wildman–Crippen MR) is 149 cm³/mol. The molecule has 1 heterocycles. The third-order valence-corrected chi connectivity index (χ3v) is 10.5. The molecule has 2 aromatic carbocycles. The zero-order chi connectivity index (χ0) is 26.7. The molecule has 194 valence electrons. The minimum atomic E-state index is -1.28. The van der Waals surface area contributed by atoms with Crippen LogP contribution in [0.2, 0.25) is 0 Å². The minimum absolute atomic E-state index is 0.0478. The standard InChI is InChI=1S/C27H32N2O4S.C2H6/c1-27(2,3)34(4,5)33-17-23-20-9-7-6-8-19(20)21-11-10-18(16-22(21)23)28-24(30)14-15-29-25(31)12-13-26(29)32;1-2/h6-13,16,23H,14-15,17H2,1-5H3,(H,28,30);1-2H3. The predicted octanol–water partition coefficient (Wildman–Crippen LogP) is 5.87. The molecule has 0 spiro atoms. The van der Waals surface area contributed by atoms with Gasteiger partial charge in [-0.15, -0.1) is 10.3 Å². The Balaban J connectivity index is 0.00000176. The van der Waals surface area contributed by atoms with Gasteiger partial charge in [0.2, 0.25) is 5.91 Å². The second-order valence-corrected chi connectivity index (χ2v) is 14.0. The lowest BCUT2D eigenvalue weighted by molar-refractivity contribution is -0.137. The number of imide groups is 1. The number of amides is 3. The van der Waals surface area contributed by atoms with Crippen LogP contribution in [0.5, 0.6) is 0 Å². The zero-order valence-corrected chi connectivity index (χ0v) is 23.2. The SMILES string of the molecule is CC.CC(C)(C)S(C)(C)OCC1c2ccccc2-c2ccc(NC(=O)CCN3C(=O)C=CC3=O)cc21. The molecular weight excluding hydrogens is 472 g/mol. The molecule has 1 atom stereocenters. The zero-order valence-electron chi connectivity index (χ0n) is 22.4. The maximum Gasteiger partial charge on any atom is 0.253 e. The number of fused-ring (bicyclic) bond motifs is 3. The molecule has 0 fully saturated rings. The summed E-state index contributed by atoms with van der Waals surface area (Å²) in [5.74, 6) is -0.912. The maximum atomic E-state index is 12.5. The molecule has 0 saturated carbocycles. The van der Waals surface area contributed by atoms with Crippen molar-refractivity contribution in [2.45, 2.75) is 51.7 Å². The largest absolute Gasteiger partial charge is 0.336 e. The lowest BCUT2D eigenvalue weighted by Gasteiger charge is -2.44. The van der Waals surface area contributed by atoms with E-state index in [0.29, 0.717) is 12.3 Å². The minimum Gasteiger partial charge on any atom is -0.336 e. The first-order chi connectivity index (χ1) is 17.0. The van der Waals surface area contributed by atoms with E-state index in [2.05, 4.69) is 56.8 Å². The molecule has 36 heavy (non-hydrogen) atoms. The van der Waals surface area contributed by atoms with Crippen molar-refractivity contribution in [2.24, 2.45) is 0 Å². The van der Waals surface area contributed by atoms with Gasteiger partial charge in [0.05, 0.1) is 6.61 Å². The summed E-state index contributed by atoms with van der Waals surface area (Å²) in [6.45, 7) is 11.3. The van der Waals surface area contributed by atoms with Gasteiger partial charge in [-0.05, 0) is 46.9 Å². The van der Waals surface area contributed by atoms with E-state index in [4.69, 9.17) is 4.18 Å². The third-order valence-electron chi connectivity index (χ3n) is 6.80. The fourth-order valence-electron chi connectivity index (χ4n) is 4.07. The summed E-state index contributed by atoms with van der Waals surface area (Å²) in [5, 5.41) is 2.92. The van der Waals surface area contributed by atoms with E-state index in [1.807, 2.05) is 38.1 Å². The Hall–Kier alpha value is -2.90. The number of carbonyl (C=O) groups excluding carboxylic acids is 3. The highest BCUT2D eigenvalue weighted by molar-refractivity contribution is 8.29. The fourth-order valence-corrected chi connectivity index (χ4v) is 4.90. The topological polar surface area (TPSA) is 75.7 Å². The van der Waals surface area contributed by atoms with Crippen LogP contribution < -0.4 is 5.32 Å². The van der Waals surface area contributed by atoms with Crippen molar-refractivity contribution in [2.75, 3.05) is 31.0 Å². The van der Waals surface area contributed by atoms with Gasteiger partial charge in [0, 0.05) is 41.5 Å². The molecule has 2 aliphatic rings. The molecule has 1 N–H and O–H groups in total. The van der Waals surface area contributed by atoms with Gasteiger partial charge in [0.15, 0.2) is 0 Å². The summed E-state index contributed by atoms with van der Waals surface area (Å²) in [5.41, 5.74) is 5.43. The van der Waals surface area contributed by atoms with Gasteiger partial charge in [0.1, 0.15) is 0 Å². The van der Waals surface area contributed by atoms with Crippen LogP contribution in [-0.2, 0) is 18.6 Å². The fraction of sp³-hybridized carbons (Fsp3) is 0.414. The second kappa shape index (κ2) is 11.0. The van der Waals surface area contributed by atoms with Gasteiger partial charge >= 0.3 is 0 Å². The van der Waals surface area contributed by atoms with E-state index in [0.717, 1.165) is 16.0 Å². The first-order valence-electron chi connectivity index (χ1n) is 12.4. The summed E-state index contributed by atoms with van der Waals surface area (Å²) in [6, 6.07) is 14.3. The highest BCUT2D eigenvalue weighted by atomic mass is 32.3. The number of hydrogen-bond acceptors (Lipinski definition) is 4. The van der Waals surface area contributed by atoms with Crippen LogP contribution in [0.25, 0.3) is 11.1 Å². The quantitative estimate of drug-likeness (QED) is 0.473. The van der Waals surface area contributed by atoms with Crippen LogP contribution in [0.4, 0.5) is 5.69 Å². The molecule has 2 aromatic rings. The van der Waals surface area contributed by atoms with Crippen LogP contribution in [0.3, 0.4) is 0 Å². The molecule has 3 amide bonds. The van der Waals surface area contributed by atoms with Gasteiger partial charge in [0.25, 0.3) is 11.8 Å². The van der Waals surface area contributed by atoms with Crippen molar-refractivity contribution in [3.05, 3.63) is 65.7 Å². The van der Waals surface area contributed by atoms with Gasteiger partial charge in [-0.1, -0.05) is 65.0 Å². The van der Waals surface area contributed by atoms with E-state index >= 15 is 0 Å². The van der Waals surface area contributed by atoms with Gasteiger partial charge in [-0.25, -0.2) is 0 Å². The Morgan fingerprint density at radius 2 is 1.58 bits per heavy atom. The Bertz CT molecular complexity index is 1160. The first-order valence-corrected chi connectivity index (χ1v) is 14.8. The summed E-state index contributed by atoms with van der Waals surface area (Å²) in [7, 11) is -1.28. The third kappa shape index (κ3) is 5.73. The number of nitrogens with one attached hydrogen (secondary N) is 1. The normalized spacial score (nSPS) is 16.9. The average molecular weight is 511 g/mol. The summed E-state index contributed by atoms with van der Waals surface area (Å²) in [4.78, 5) is 37.0. The summed E-state index contributed by atoms with van der Waals surface area (Å²) in [6.07, 6.45) is 6.91. The average Bonchev–Trinajstić information content (AvgIpc) is 3.32. The molecule has 7 heteroatoms. The van der Waals surface area contributed by atoms with E-state index in [1.165, 1.54) is 23.3 Å². The molecular formula is C29H38N2O4S. The van der Waals surface area contributed by atoms with Crippen LogP contribution in [0.15, 0.2) is 54.6 Å². The number of anilines is 1. The lowest BCUT2D eigenvalue weighted by Crippen LogP contribution is -2.33. The lowest BCUT2D eigenvalue weighted by atomic mass is 9.98. The van der Waals surface area contributed by atoms with Crippen molar-refractivity contribution in [1.82, 2.24) is 4.90 Å². The summed E-state index contributed by atoms with van der Waals surface area (Å²) >= 11 is 0. The molecule has 0 aromatic heterocycles. The van der Waals surface area contributed by atoms with Crippen molar-refractivity contribution in [3.8, 4) is 11.1 Å². The molecule has 1 unspecified atom stereocenters. The van der Waals surface area contributed by atoms with Gasteiger partial charge in [-0.3, -0.25) is 19.3 Å². The highest BCUT2D eigenvalue weighted by Crippen LogP contribution is 2.55. The molecule has 4 rings (SSSR count). The Labute approximate surface area is 216 Å². The van der Waals surface area contributed by atoms with Crippen molar-refractivity contribution >= 4 is 33.7 Å². The number of carbonyl (C=O) groups is 3. The highest BCUT2D eigenvalue weighted by Gasteiger charge is 2.34. The summed E-state index contributed by atoms with van der Waals surface area (Å²) < 4.78 is 6.62. The molecule has 0 bridgehead atoms. The smallest absolute Gasteiger partial charge is 0.253 e. The van der Waals surface area contributed by atoms with Crippen LogP contribution in [-0.4, -0.2) is 53.0 Å². The van der Waals surface area contributed by atoms with E-state index in [9.17, 15) is 14.4 Å². The van der Waals surface area contributed by atoms with Gasteiger partial charge < -0.3 is 9.50 Å². The van der Waals surface area contributed by atoms with Crippen molar-refractivity contribution < 1.29 is 18.6 Å². The van der Waals surface area contributed by atoms with Crippen LogP contribution in [0, 0.1) is 0 Å². The maximum absolute atomic E-state index is 12.5. The second-order valence-electron chi connectivity index (χ2n) is 10.0. The number of rotatable bonds is 7. The van der Waals surface area contributed by atoms with Crippen molar-refractivity contribution in [1.29, 1.82) is 0 Å². The number of benzene rings is 2. The van der Waals surface area contributed by atoms with Crippen LogP contribution >= 0.6 is 10.3 Å². The van der Waals surface area contributed by atoms with E-state index in [-0.39, 0.29) is 41.4 Å². The Morgan fingerprint density at radius 1 is 0.972 bits per heavy atom.